The predicted octanol–water partition coefficient (Wildman–Crippen LogP) is 1.40. The molecule has 2 fully saturated rings. The largest absolute Gasteiger partial charge is 0.389 e. The van der Waals surface area contributed by atoms with Gasteiger partial charge in [0.15, 0.2) is 0 Å². The Hall–Kier alpha value is -0.850. The summed E-state index contributed by atoms with van der Waals surface area (Å²) in [6, 6.07) is -0.0345. The minimum Gasteiger partial charge on any atom is -0.389 e. The maximum absolute atomic E-state index is 11.6. The Balaban J connectivity index is 1.52. The molecule has 1 saturated carbocycles. The van der Waals surface area contributed by atoms with Gasteiger partial charge in [-0.25, -0.2) is 10.3 Å². The second-order valence-corrected chi connectivity index (χ2v) is 6.24. The summed E-state index contributed by atoms with van der Waals surface area (Å²) in [6.45, 7) is 2.85. The van der Waals surface area contributed by atoms with E-state index >= 15 is 0 Å². The van der Waals surface area contributed by atoms with Gasteiger partial charge in [0.25, 0.3) is 0 Å². The smallest absolute Gasteiger partial charge is 0.338 e. The van der Waals surface area contributed by atoms with Crippen molar-refractivity contribution in [3.63, 3.8) is 0 Å². The number of hydrogen-bond acceptors (Lipinski definition) is 4. The van der Waals surface area contributed by atoms with Crippen LogP contribution in [0.3, 0.4) is 0 Å². The number of amides is 2. The first-order valence-corrected chi connectivity index (χ1v) is 8.33. The summed E-state index contributed by atoms with van der Waals surface area (Å²) < 4.78 is 0. The van der Waals surface area contributed by atoms with Crippen LogP contribution in [0.4, 0.5) is 4.79 Å². The molecule has 0 aromatic carbocycles. The van der Waals surface area contributed by atoms with Crippen molar-refractivity contribution in [3.05, 3.63) is 0 Å². The lowest BCUT2D eigenvalue weighted by atomic mass is 9.96. The van der Waals surface area contributed by atoms with Crippen LogP contribution in [0.1, 0.15) is 51.4 Å². The lowest BCUT2D eigenvalue weighted by molar-refractivity contribution is -0.0179. The Labute approximate surface area is 127 Å². The molecule has 0 radical (unpaired) electrons. The van der Waals surface area contributed by atoms with Crippen LogP contribution in [-0.4, -0.2) is 54.4 Å². The Kier molecular flexibility index (Phi) is 7.26. The lowest BCUT2D eigenvalue weighted by Gasteiger charge is -2.28. The van der Waals surface area contributed by atoms with Crippen LogP contribution in [0.15, 0.2) is 0 Å². The number of piperidine rings is 1. The topological polar surface area (TPSA) is 73.8 Å². The number of hydrogen-bond donors (Lipinski definition) is 3. The molecule has 1 aliphatic carbocycles. The molecule has 0 bridgehead atoms. The number of likely N-dealkylation sites (tertiary alicyclic amines) is 1. The molecule has 6 heteroatoms. The second kappa shape index (κ2) is 9.23. The second-order valence-electron chi connectivity index (χ2n) is 6.24. The molecule has 1 aliphatic heterocycles. The fraction of sp³-hybridized carbons (Fsp3) is 0.933. The number of aliphatic hydroxyl groups excluding tert-OH is 1. The van der Waals surface area contributed by atoms with Crippen molar-refractivity contribution >= 4 is 6.03 Å². The van der Waals surface area contributed by atoms with E-state index in [4.69, 9.17) is 4.84 Å². The van der Waals surface area contributed by atoms with E-state index in [1.54, 1.807) is 0 Å². The monoisotopic (exact) mass is 299 g/mol. The third-order valence-electron chi connectivity index (χ3n) is 4.30. The number of hydroxylamine groups is 1. The molecule has 2 aliphatic rings. The third kappa shape index (κ3) is 6.63. The number of carbonyl (C=O) groups excluding carboxylic acids is 1. The fourth-order valence-corrected chi connectivity index (χ4v) is 3.16. The summed E-state index contributed by atoms with van der Waals surface area (Å²) in [7, 11) is 0. The number of β-amino-alcohol motifs (C(OH)–C–C–N with tert-alkyl or cyclic N) is 1. The quantitative estimate of drug-likeness (QED) is 0.648. The first kappa shape index (κ1) is 16.5. The van der Waals surface area contributed by atoms with Gasteiger partial charge in [0.1, 0.15) is 6.61 Å². The number of rotatable bonds is 6. The van der Waals surface area contributed by atoms with Crippen molar-refractivity contribution in [1.29, 1.82) is 0 Å². The zero-order chi connectivity index (χ0) is 14.9. The molecule has 0 spiro atoms. The highest BCUT2D eigenvalue weighted by Crippen LogP contribution is 2.17. The Morgan fingerprint density at radius 3 is 2.52 bits per heavy atom. The Morgan fingerprint density at radius 1 is 1.14 bits per heavy atom. The highest BCUT2D eigenvalue weighted by atomic mass is 16.7. The van der Waals surface area contributed by atoms with E-state index in [1.807, 2.05) is 0 Å². The SMILES string of the molecule is O=C(NOCC(O)CN1CCCCC1)NC1CCCCC1. The van der Waals surface area contributed by atoms with E-state index in [9.17, 15) is 9.90 Å². The van der Waals surface area contributed by atoms with Gasteiger partial charge in [-0.3, -0.25) is 4.84 Å². The van der Waals surface area contributed by atoms with Gasteiger partial charge in [-0.2, -0.15) is 0 Å². The summed E-state index contributed by atoms with van der Waals surface area (Å²) in [5.74, 6) is 0. The van der Waals surface area contributed by atoms with Crippen LogP contribution in [0.5, 0.6) is 0 Å². The van der Waals surface area contributed by atoms with E-state index in [0.29, 0.717) is 6.54 Å². The standard InChI is InChI=1S/C15H29N3O3/c19-14(11-18-9-5-2-6-10-18)12-21-17-15(20)16-13-7-3-1-4-8-13/h13-14,19H,1-12H2,(H2,16,17,20). The van der Waals surface area contributed by atoms with Gasteiger partial charge in [0, 0.05) is 12.6 Å². The summed E-state index contributed by atoms with van der Waals surface area (Å²) >= 11 is 0. The zero-order valence-electron chi connectivity index (χ0n) is 12.9. The van der Waals surface area contributed by atoms with Crippen molar-refractivity contribution in [2.45, 2.75) is 63.5 Å². The molecule has 2 amide bonds. The Morgan fingerprint density at radius 2 is 1.81 bits per heavy atom. The number of nitrogens with one attached hydrogen (secondary N) is 2. The number of urea groups is 1. The third-order valence-corrected chi connectivity index (χ3v) is 4.30. The van der Waals surface area contributed by atoms with Gasteiger partial charge < -0.3 is 15.3 Å². The zero-order valence-corrected chi connectivity index (χ0v) is 12.9. The number of aliphatic hydroxyl groups is 1. The van der Waals surface area contributed by atoms with Crippen LogP contribution in [0.2, 0.25) is 0 Å². The first-order valence-electron chi connectivity index (χ1n) is 8.33. The molecule has 0 aromatic heterocycles. The van der Waals surface area contributed by atoms with E-state index in [-0.39, 0.29) is 18.7 Å². The van der Waals surface area contributed by atoms with Crippen molar-refractivity contribution in [3.8, 4) is 0 Å². The minimum absolute atomic E-state index is 0.134. The Bertz CT molecular complexity index is 303. The molecule has 1 heterocycles. The number of carbonyl (C=O) groups is 1. The van der Waals surface area contributed by atoms with Crippen LogP contribution in [-0.2, 0) is 4.84 Å². The average Bonchev–Trinajstić information content (AvgIpc) is 2.49. The fourth-order valence-electron chi connectivity index (χ4n) is 3.16. The minimum atomic E-state index is -0.557. The van der Waals surface area contributed by atoms with Gasteiger partial charge in [-0.1, -0.05) is 25.7 Å². The van der Waals surface area contributed by atoms with Crippen molar-refractivity contribution < 1.29 is 14.7 Å². The maximum Gasteiger partial charge on any atom is 0.338 e. The highest BCUT2D eigenvalue weighted by Gasteiger charge is 2.17. The van der Waals surface area contributed by atoms with Gasteiger partial charge >= 0.3 is 6.03 Å². The first-order chi connectivity index (χ1) is 10.2. The molecule has 1 atom stereocenters. The van der Waals surface area contributed by atoms with Gasteiger partial charge in [0.05, 0.1) is 6.10 Å². The van der Waals surface area contributed by atoms with Gasteiger partial charge in [-0.05, 0) is 38.8 Å². The van der Waals surface area contributed by atoms with Gasteiger partial charge in [-0.15, -0.1) is 0 Å². The van der Waals surface area contributed by atoms with E-state index in [0.717, 1.165) is 25.9 Å². The molecule has 0 aromatic rings. The predicted molar refractivity (Wildman–Crippen MR) is 80.8 cm³/mol. The van der Waals surface area contributed by atoms with Crippen molar-refractivity contribution in [2.24, 2.45) is 0 Å². The maximum atomic E-state index is 11.6. The normalized spacial score (nSPS) is 22.7. The highest BCUT2D eigenvalue weighted by molar-refractivity contribution is 5.73. The van der Waals surface area contributed by atoms with E-state index in [1.165, 1.54) is 38.5 Å². The average molecular weight is 299 g/mol. The summed E-state index contributed by atoms with van der Waals surface area (Å²) in [4.78, 5) is 19.0. The lowest BCUT2D eigenvalue weighted by Crippen LogP contribution is -2.44. The summed E-state index contributed by atoms with van der Waals surface area (Å²) in [6.07, 6.45) is 8.85. The molecule has 21 heavy (non-hydrogen) atoms. The van der Waals surface area contributed by atoms with Crippen LogP contribution < -0.4 is 10.8 Å². The van der Waals surface area contributed by atoms with E-state index < -0.39 is 6.10 Å². The molecule has 1 saturated heterocycles. The van der Waals surface area contributed by atoms with E-state index in [2.05, 4.69) is 15.7 Å². The van der Waals surface area contributed by atoms with Gasteiger partial charge in [0.2, 0.25) is 0 Å². The van der Waals surface area contributed by atoms with Crippen LogP contribution in [0, 0.1) is 0 Å². The summed E-state index contributed by atoms with van der Waals surface area (Å²) in [5.41, 5.74) is 2.37. The summed E-state index contributed by atoms with van der Waals surface area (Å²) in [5, 5.41) is 12.8. The molecular formula is C15H29N3O3. The molecule has 3 N–H and O–H groups in total. The molecule has 1 unspecified atom stereocenters. The molecule has 122 valence electrons. The molecular weight excluding hydrogens is 270 g/mol. The van der Waals surface area contributed by atoms with Crippen molar-refractivity contribution in [2.75, 3.05) is 26.2 Å². The molecule has 6 nitrogen and oxygen atoms in total. The van der Waals surface area contributed by atoms with Crippen LogP contribution in [0.25, 0.3) is 0 Å². The molecule has 2 rings (SSSR count). The van der Waals surface area contributed by atoms with Crippen LogP contribution >= 0.6 is 0 Å². The van der Waals surface area contributed by atoms with Crippen molar-refractivity contribution in [1.82, 2.24) is 15.7 Å². The number of nitrogens with zero attached hydrogens (tertiary/aromatic N) is 1.